The Balaban J connectivity index is 1.77. The number of nitrogens with one attached hydrogen (secondary N) is 2. The van der Waals surface area contributed by atoms with E-state index in [9.17, 15) is 13.2 Å². The van der Waals surface area contributed by atoms with Crippen LogP contribution < -0.4 is 10.0 Å². The summed E-state index contributed by atoms with van der Waals surface area (Å²) in [5, 5.41) is 15.7. The number of nitrogens with zero attached hydrogens (tertiary/aromatic N) is 3. The van der Waals surface area contributed by atoms with Gasteiger partial charge in [-0.3, -0.25) is 14.2 Å². The van der Waals surface area contributed by atoms with Gasteiger partial charge in [-0.25, -0.2) is 8.42 Å². The maximum absolute atomic E-state index is 12.6. The first-order valence-corrected chi connectivity index (χ1v) is 10.2. The first kappa shape index (κ1) is 20.1. The van der Waals surface area contributed by atoms with Gasteiger partial charge >= 0.3 is 0 Å². The monoisotopic (exact) mass is 409 g/mol. The Hall–Kier alpha value is -3.64. The highest BCUT2D eigenvalue weighted by Crippen LogP contribution is 2.21. The van der Waals surface area contributed by atoms with Crippen LogP contribution in [0.3, 0.4) is 0 Å². The van der Waals surface area contributed by atoms with Crippen LogP contribution in [0.2, 0.25) is 0 Å². The van der Waals surface area contributed by atoms with Crippen LogP contribution in [0.15, 0.2) is 59.8 Å². The van der Waals surface area contributed by atoms with Crippen LogP contribution >= 0.6 is 0 Å². The molecule has 1 aromatic heterocycles. The second-order valence-electron chi connectivity index (χ2n) is 6.48. The van der Waals surface area contributed by atoms with E-state index in [0.717, 1.165) is 5.56 Å². The molecule has 0 fully saturated rings. The minimum Gasteiger partial charge on any atom is -0.348 e. The van der Waals surface area contributed by atoms with Crippen LogP contribution in [0.1, 0.15) is 27.0 Å². The molecule has 148 valence electrons. The number of amides is 1. The highest BCUT2D eigenvalue weighted by atomic mass is 32.2. The summed E-state index contributed by atoms with van der Waals surface area (Å²) >= 11 is 0. The molecule has 0 radical (unpaired) electrons. The van der Waals surface area contributed by atoms with Gasteiger partial charge in [0.25, 0.3) is 15.9 Å². The predicted molar refractivity (Wildman–Crippen MR) is 108 cm³/mol. The van der Waals surface area contributed by atoms with E-state index in [4.69, 9.17) is 5.26 Å². The Kier molecular flexibility index (Phi) is 5.66. The van der Waals surface area contributed by atoms with E-state index in [1.54, 1.807) is 43.2 Å². The minimum atomic E-state index is -3.86. The van der Waals surface area contributed by atoms with E-state index in [2.05, 4.69) is 15.1 Å². The van der Waals surface area contributed by atoms with Crippen molar-refractivity contribution < 1.29 is 13.2 Å². The third kappa shape index (κ3) is 4.80. The third-order valence-corrected chi connectivity index (χ3v) is 5.63. The molecule has 3 rings (SSSR count). The molecule has 0 unspecified atom stereocenters. The molecular formula is C20H19N5O3S. The van der Waals surface area contributed by atoms with Crippen LogP contribution in [0.25, 0.3) is 0 Å². The molecule has 1 amide bonds. The lowest BCUT2D eigenvalue weighted by Crippen LogP contribution is -2.23. The number of aryl methyl sites for hydroxylation is 2. The molecular weight excluding hydrogens is 390 g/mol. The van der Waals surface area contributed by atoms with Gasteiger partial charge in [-0.1, -0.05) is 6.07 Å². The summed E-state index contributed by atoms with van der Waals surface area (Å²) in [5.74, 6) is -0.326. The SMILES string of the molecule is Cc1ccc(C(=O)NCc2cnn(C)c2)cc1NS(=O)(=O)c1ccc(C#N)cc1. The standard InChI is InChI=1S/C20H19N5O3S/c1-14-3-6-17(20(26)22-11-16-12-23-25(2)13-16)9-19(14)24-29(27,28)18-7-4-15(10-21)5-8-18/h3-9,12-13,24H,11H2,1-2H3,(H,22,26). The molecule has 1 heterocycles. The van der Waals surface area contributed by atoms with E-state index in [1.807, 2.05) is 6.07 Å². The molecule has 0 aliphatic heterocycles. The van der Waals surface area contributed by atoms with Crippen molar-refractivity contribution in [3.63, 3.8) is 0 Å². The molecule has 0 saturated heterocycles. The molecule has 2 N–H and O–H groups in total. The zero-order chi connectivity index (χ0) is 21.0. The number of hydrogen-bond donors (Lipinski definition) is 2. The number of nitriles is 1. The van der Waals surface area contributed by atoms with Gasteiger partial charge in [0.05, 0.1) is 28.4 Å². The van der Waals surface area contributed by atoms with Gasteiger partial charge in [0.1, 0.15) is 0 Å². The molecule has 0 spiro atoms. The molecule has 8 nitrogen and oxygen atoms in total. The van der Waals surface area contributed by atoms with Crippen molar-refractivity contribution in [3.8, 4) is 6.07 Å². The third-order valence-electron chi connectivity index (χ3n) is 4.25. The number of rotatable bonds is 6. The van der Waals surface area contributed by atoms with Gasteiger partial charge in [0, 0.05) is 30.9 Å². The maximum atomic E-state index is 12.6. The number of carbonyl (C=O) groups excluding carboxylic acids is 1. The van der Waals surface area contributed by atoms with Gasteiger partial charge in [-0.05, 0) is 48.9 Å². The number of hydrogen-bond acceptors (Lipinski definition) is 5. The smallest absolute Gasteiger partial charge is 0.261 e. The van der Waals surface area contributed by atoms with Gasteiger partial charge in [0.2, 0.25) is 0 Å². The van der Waals surface area contributed by atoms with Crippen LogP contribution in [0, 0.1) is 18.3 Å². The van der Waals surface area contributed by atoms with E-state index < -0.39 is 10.0 Å². The Bertz CT molecular complexity index is 1190. The van der Waals surface area contributed by atoms with Crippen LogP contribution in [0.5, 0.6) is 0 Å². The summed E-state index contributed by atoms with van der Waals surface area (Å²) in [6, 6.07) is 12.3. The first-order chi connectivity index (χ1) is 13.8. The number of carbonyl (C=O) groups is 1. The minimum absolute atomic E-state index is 0.0299. The molecule has 0 aliphatic rings. The molecule has 2 aromatic carbocycles. The summed E-state index contributed by atoms with van der Waals surface area (Å²) in [4.78, 5) is 12.5. The normalized spacial score (nSPS) is 10.9. The fraction of sp³-hybridized carbons (Fsp3) is 0.150. The molecule has 0 aliphatic carbocycles. The van der Waals surface area contributed by atoms with Crippen molar-refractivity contribution in [3.05, 3.63) is 77.1 Å². The lowest BCUT2D eigenvalue weighted by molar-refractivity contribution is 0.0951. The zero-order valence-electron chi connectivity index (χ0n) is 15.9. The highest BCUT2D eigenvalue weighted by Gasteiger charge is 2.17. The molecule has 9 heteroatoms. The van der Waals surface area contributed by atoms with E-state index in [-0.39, 0.29) is 10.8 Å². The van der Waals surface area contributed by atoms with Crippen molar-refractivity contribution in [1.29, 1.82) is 5.26 Å². The predicted octanol–water partition coefficient (Wildman–Crippen LogP) is 2.33. The average molecular weight is 409 g/mol. The fourth-order valence-electron chi connectivity index (χ4n) is 2.63. The second kappa shape index (κ2) is 8.16. The number of benzene rings is 2. The lowest BCUT2D eigenvalue weighted by atomic mass is 10.1. The second-order valence-corrected chi connectivity index (χ2v) is 8.16. The summed E-state index contributed by atoms with van der Waals surface area (Å²) in [6.07, 6.45) is 3.46. The van der Waals surface area contributed by atoms with E-state index in [0.29, 0.717) is 28.9 Å². The topological polar surface area (TPSA) is 117 Å². The maximum Gasteiger partial charge on any atom is 0.261 e. The van der Waals surface area contributed by atoms with Gasteiger partial charge in [0.15, 0.2) is 0 Å². The summed E-state index contributed by atoms with van der Waals surface area (Å²) in [7, 11) is -2.07. The number of aromatic nitrogens is 2. The average Bonchev–Trinajstić information content (AvgIpc) is 3.13. The Labute approximate surface area is 168 Å². The van der Waals surface area contributed by atoms with Gasteiger partial charge in [-0.2, -0.15) is 10.4 Å². The highest BCUT2D eigenvalue weighted by molar-refractivity contribution is 7.92. The van der Waals surface area contributed by atoms with E-state index >= 15 is 0 Å². The fourth-order valence-corrected chi connectivity index (χ4v) is 3.75. The van der Waals surface area contributed by atoms with Crippen molar-refractivity contribution in [2.45, 2.75) is 18.4 Å². The Morgan fingerprint density at radius 3 is 2.55 bits per heavy atom. The van der Waals surface area contributed by atoms with Crippen molar-refractivity contribution in [2.75, 3.05) is 4.72 Å². The Morgan fingerprint density at radius 2 is 1.93 bits per heavy atom. The van der Waals surface area contributed by atoms with Crippen LogP contribution in [-0.4, -0.2) is 24.1 Å². The van der Waals surface area contributed by atoms with Crippen LogP contribution in [0.4, 0.5) is 5.69 Å². The summed E-state index contributed by atoms with van der Waals surface area (Å²) < 4.78 is 29.4. The molecule has 0 atom stereocenters. The van der Waals surface area contributed by atoms with Crippen molar-refractivity contribution >= 4 is 21.6 Å². The Morgan fingerprint density at radius 1 is 1.21 bits per heavy atom. The number of anilines is 1. The number of sulfonamides is 1. The van der Waals surface area contributed by atoms with Gasteiger partial charge < -0.3 is 5.32 Å². The van der Waals surface area contributed by atoms with Gasteiger partial charge in [-0.15, -0.1) is 0 Å². The zero-order valence-corrected chi connectivity index (χ0v) is 16.7. The van der Waals surface area contributed by atoms with Crippen molar-refractivity contribution in [1.82, 2.24) is 15.1 Å². The summed E-state index contributed by atoms with van der Waals surface area (Å²) in [5.41, 5.74) is 2.54. The largest absolute Gasteiger partial charge is 0.348 e. The summed E-state index contributed by atoms with van der Waals surface area (Å²) in [6.45, 7) is 2.06. The van der Waals surface area contributed by atoms with Crippen LogP contribution in [-0.2, 0) is 23.6 Å². The first-order valence-electron chi connectivity index (χ1n) is 8.68. The quantitative estimate of drug-likeness (QED) is 0.648. The van der Waals surface area contributed by atoms with Crippen molar-refractivity contribution in [2.24, 2.45) is 7.05 Å². The molecule has 0 bridgehead atoms. The molecule has 0 saturated carbocycles. The molecule has 3 aromatic rings. The lowest BCUT2D eigenvalue weighted by Gasteiger charge is -2.12. The molecule has 29 heavy (non-hydrogen) atoms. The van der Waals surface area contributed by atoms with E-state index in [1.165, 1.54) is 30.3 Å².